The maximum absolute atomic E-state index is 6.23. The Balaban J connectivity index is 1.66. The average molecular weight is 338 g/mol. The van der Waals surface area contributed by atoms with E-state index in [0.717, 1.165) is 17.0 Å². The monoisotopic (exact) mass is 338 g/mol. The van der Waals surface area contributed by atoms with Crippen LogP contribution in [-0.2, 0) is 9.31 Å². The Labute approximate surface area is 150 Å². The summed E-state index contributed by atoms with van der Waals surface area (Å²) in [6, 6.07) is 4.42. The molecule has 1 saturated carbocycles. The molecule has 0 radical (unpaired) electrons. The minimum absolute atomic E-state index is 0.318. The third kappa shape index (κ3) is 2.83. The van der Waals surface area contributed by atoms with Crippen LogP contribution in [0.5, 0.6) is 0 Å². The van der Waals surface area contributed by atoms with E-state index in [1.165, 1.54) is 29.5 Å². The van der Waals surface area contributed by atoms with Crippen molar-refractivity contribution in [1.82, 2.24) is 9.97 Å². The molecule has 0 unspecified atom stereocenters. The second kappa shape index (κ2) is 5.45. The quantitative estimate of drug-likeness (QED) is 0.864. The van der Waals surface area contributed by atoms with Crippen molar-refractivity contribution in [1.29, 1.82) is 0 Å². The first kappa shape index (κ1) is 16.9. The molecule has 2 heterocycles. The van der Waals surface area contributed by atoms with Crippen molar-refractivity contribution in [3.05, 3.63) is 35.3 Å². The van der Waals surface area contributed by atoms with Crippen molar-refractivity contribution in [3.63, 3.8) is 0 Å². The predicted molar refractivity (Wildman–Crippen MR) is 101 cm³/mol. The molecule has 1 aliphatic carbocycles. The zero-order valence-corrected chi connectivity index (χ0v) is 16.1. The SMILES string of the molecule is Cc1cc(-c2cnc(C3CC3)[nH]2)c(C)cc1B1OC(C)(C)C(C)(C)O1. The number of aromatic nitrogens is 2. The lowest BCUT2D eigenvalue weighted by molar-refractivity contribution is 0.00578. The van der Waals surface area contributed by atoms with Gasteiger partial charge in [0, 0.05) is 11.5 Å². The van der Waals surface area contributed by atoms with Gasteiger partial charge in [0.2, 0.25) is 0 Å². The number of H-pyrrole nitrogens is 1. The predicted octanol–water partition coefficient (Wildman–Crippen LogP) is 3.87. The van der Waals surface area contributed by atoms with Gasteiger partial charge < -0.3 is 14.3 Å². The summed E-state index contributed by atoms with van der Waals surface area (Å²) < 4.78 is 12.5. The van der Waals surface area contributed by atoms with Gasteiger partial charge >= 0.3 is 7.12 Å². The Morgan fingerprint density at radius 2 is 1.68 bits per heavy atom. The third-order valence-electron chi connectivity index (χ3n) is 5.97. The van der Waals surface area contributed by atoms with Crippen LogP contribution in [0.15, 0.2) is 18.3 Å². The van der Waals surface area contributed by atoms with Gasteiger partial charge in [-0.1, -0.05) is 11.6 Å². The fourth-order valence-corrected chi connectivity index (χ4v) is 3.39. The number of benzene rings is 1. The third-order valence-corrected chi connectivity index (χ3v) is 5.97. The van der Waals surface area contributed by atoms with Crippen molar-refractivity contribution in [2.45, 2.75) is 71.5 Å². The molecule has 0 bridgehead atoms. The molecule has 1 aromatic heterocycles. The summed E-state index contributed by atoms with van der Waals surface area (Å²) in [5.74, 6) is 1.77. The number of nitrogens with one attached hydrogen (secondary N) is 1. The van der Waals surface area contributed by atoms with E-state index in [2.05, 4.69) is 63.6 Å². The molecule has 2 aromatic rings. The standard InChI is InChI=1S/C20H27BN2O2/c1-12-10-16(21-24-19(3,4)20(5,6)25-21)13(2)9-15(12)17-11-22-18(23-17)14-7-8-14/h9-11,14H,7-8H2,1-6H3,(H,22,23). The van der Waals surface area contributed by atoms with Crippen LogP contribution in [0, 0.1) is 13.8 Å². The van der Waals surface area contributed by atoms with Gasteiger partial charge in [0.15, 0.2) is 0 Å². The first-order chi connectivity index (χ1) is 11.7. The van der Waals surface area contributed by atoms with Crippen LogP contribution in [0.2, 0.25) is 0 Å². The van der Waals surface area contributed by atoms with E-state index in [1.807, 2.05) is 6.20 Å². The molecule has 2 fully saturated rings. The van der Waals surface area contributed by atoms with Gasteiger partial charge in [-0.15, -0.1) is 0 Å². The molecule has 0 spiro atoms. The van der Waals surface area contributed by atoms with Crippen molar-refractivity contribution in [3.8, 4) is 11.3 Å². The zero-order chi connectivity index (χ0) is 18.0. The minimum atomic E-state index is -0.320. The second-order valence-electron chi connectivity index (χ2n) is 8.57. The molecule has 25 heavy (non-hydrogen) atoms. The average Bonchev–Trinajstić information content (AvgIpc) is 3.20. The van der Waals surface area contributed by atoms with E-state index < -0.39 is 0 Å². The maximum atomic E-state index is 6.23. The van der Waals surface area contributed by atoms with Crippen LogP contribution in [0.3, 0.4) is 0 Å². The van der Waals surface area contributed by atoms with Crippen molar-refractivity contribution < 1.29 is 9.31 Å². The lowest BCUT2D eigenvalue weighted by Gasteiger charge is -2.32. The first-order valence-electron chi connectivity index (χ1n) is 9.20. The molecule has 1 N–H and O–H groups in total. The molecule has 5 heteroatoms. The molecule has 1 aliphatic heterocycles. The Morgan fingerprint density at radius 1 is 1.04 bits per heavy atom. The van der Waals surface area contributed by atoms with Crippen molar-refractivity contribution in [2.24, 2.45) is 0 Å². The zero-order valence-electron chi connectivity index (χ0n) is 16.1. The Kier molecular flexibility index (Phi) is 3.68. The van der Waals surface area contributed by atoms with Crippen LogP contribution in [0.1, 0.15) is 63.4 Å². The first-order valence-corrected chi connectivity index (χ1v) is 9.20. The lowest BCUT2D eigenvalue weighted by Crippen LogP contribution is -2.41. The highest BCUT2D eigenvalue weighted by Gasteiger charge is 2.52. The molecule has 1 saturated heterocycles. The number of hydrogen-bond donors (Lipinski definition) is 1. The van der Waals surface area contributed by atoms with Gasteiger partial charge in [-0.3, -0.25) is 0 Å². The van der Waals surface area contributed by atoms with Gasteiger partial charge in [0.1, 0.15) is 5.82 Å². The fraction of sp³-hybridized carbons (Fsp3) is 0.550. The van der Waals surface area contributed by atoms with E-state index in [0.29, 0.717) is 5.92 Å². The maximum Gasteiger partial charge on any atom is 0.495 e. The van der Waals surface area contributed by atoms with Gasteiger partial charge in [0.25, 0.3) is 0 Å². The van der Waals surface area contributed by atoms with E-state index in [4.69, 9.17) is 9.31 Å². The minimum Gasteiger partial charge on any atom is -0.399 e. The largest absolute Gasteiger partial charge is 0.495 e. The van der Waals surface area contributed by atoms with Crippen LogP contribution < -0.4 is 5.46 Å². The number of imidazole rings is 1. The smallest absolute Gasteiger partial charge is 0.399 e. The van der Waals surface area contributed by atoms with Gasteiger partial charge in [-0.2, -0.15) is 0 Å². The number of aryl methyl sites for hydroxylation is 2. The normalized spacial score (nSPS) is 21.8. The molecule has 4 nitrogen and oxygen atoms in total. The Morgan fingerprint density at radius 3 is 2.28 bits per heavy atom. The number of hydrogen-bond acceptors (Lipinski definition) is 3. The summed E-state index contributed by atoms with van der Waals surface area (Å²) in [5, 5.41) is 0. The second-order valence-corrected chi connectivity index (χ2v) is 8.57. The molecular weight excluding hydrogens is 311 g/mol. The van der Waals surface area contributed by atoms with Gasteiger partial charge in [0.05, 0.1) is 23.1 Å². The molecule has 2 aliphatic rings. The number of aromatic amines is 1. The molecule has 0 amide bonds. The van der Waals surface area contributed by atoms with Crippen molar-refractivity contribution >= 4 is 12.6 Å². The summed E-state index contributed by atoms with van der Waals surface area (Å²) in [4.78, 5) is 8.06. The Bertz CT molecular complexity index is 805. The highest BCUT2D eigenvalue weighted by Crippen LogP contribution is 2.39. The molecule has 0 atom stereocenters. The molecular formula is C20H27BN2O2. The van der Waals surface area contributed by atoms with E-state index >= 15 is 0 Å². The highest BCUT2D eigenvalue weighted by atomic mass is 16.7. The summed E-state index contributed by atoms with van der Waals surface area (Å²) in [6.45, 7) is 12.6. The van der Waals surface area contributed by atoms with E-state index in [-0.39, 0.29) is 18.3 Å². The van der Waals surface area contributed by atoms with Gasteiger partial charge in [-0.05, 0) is 71.5 Å². The highest BCUT2D eigenvalue weighted by molar-refractivity contribution is 6.62. The summed E-state index contributed by atoms with van der Waals surface area (Å²) in [5.41, 5.74) is 5.17. The van der Waals surface area contributed by atoms with E-state index in [9.17, 15) is 0 Å². The molecule has 4 rings (SSSR count). The molecule has 1 aromatic carbocycles. The van der Waals surface area contributed by atoms with Crippen LogP contribution >= 0.6 is 0 Å². The van der Waals surface area contributed by atoms with E-state index in [1.54, 1.807) is 0 Å². The topological polar surface area (TPSA) is 47.1 Å². The van der Waals surface area contributed by atoms with Crippen molar-refractivity contribution in [2.75, 3.05) is 0 Å². The fourth-order valence-electron chi connectivity index (χ4n) is 3.39. The number of rotatable bonds is 3. The van der Waals surface area contributed by atoms with Gasteiger partial charge in [-0.25, -0.2) is 4.98 Å². The van der Waals surface area contributed by atoms with Crippen LogP contribution in [0.25, 0.3) is 11.3 Å². The summed E-state index contributed by atoms with van der Waals surface area (Å²) in [7, 11) is -0.318. The van der Waals surface area contributed by atoms with Crippen LogP contribution in [-0.4, -0.2) is 28.3 Å². The summed E-state index contributed by atoms with van der Waals surface area (Å²) >= 11 is 0. The summed E-state index contributed by atoms with van der Waals surface area (Å²) in [6.07, 6.45) is 4.47. The van der Waals surface area contributed by atoms with Crippen LogP contribution in [0.4, 0.5) is 0 Å². The number of nitrogens with zero attached hydrogens (tertiary/aromatic N) is 1. The molecule has 132 valence electrons. The Hall–Kier alpha value is -1.59. The lowest BCUT2D eigenvalue weighted by atomic mass is 9.74.